The van der Waals surface area contributed by atoms with Crippen LogP contribution in [-0.4, -0.2) is 98.7 Å². The lowest BCUT2D eigenvalue weighted by Gasteiger charge is -2.63. The van der Waals surface area contributed by atoms with Crippen LogP contribution in [0.25, 0.3) is 0 Å². The van der Waals surface area contributed by atoms with E-state index in [1.807, 2.05) is 6.92 Å². The van der Waals surface area contributed by atoms with E-state index in [-0.39, 0.29) is 100 Å². The summed E-state index contributed by atoms with van der Waals surface area (Å²) in [5.41, 5.74) is -0.379. The zero-order valence-electron chi connectivity index (χ0n) is 45.6. The van der Waals surface area contributed by atoms with Crippen molar-refractivity contribution in [1.29, 1.82) is 0 Å². The highest BCUT2D eigenvalue weighted by atomic mass is 32.3. The number of aliphatic hydroxyl groups excluding tert-OH is 2. The standard InChI is InChI=1S/C54H88O18S4/c1-29(36-12-14-39-34-24-46(69-73(57,58)59)43-22-32(55)16-19-53(43,8)41(34)17-20-51(36,39)6)10-11-38-33(30(2)27-50(38,4)5)23-45(56)31(3)37-13-15-40-35-25-47(70-74(60,61)62)44-26-48(71-75(63,64)65)49(72-76(66,67)68)28-54(44,9)42(35)18-21-52(37,40)7/h10-11,29,31-49,55-56H,2,12-28H2,1,3-9H3,(H,57,58,59)(H,60,61,62)(H,63,64,65)(H,66,67,68)/b11-10+/t29-,31+,32-,33+,34+,35+,36-,37-,38+,39+,40+,41+,42+,43-,44-,45+,46+,47+,48+,49+,51-,52-,53-,54-/m1/s1. The quantitative estimate of drug-likeness (QED) is 0.0658. The van der Waals surface area contributed by atoms with Gasteiger partial charge in [0, 0.05) is 0 Å². The van der Waals surface area contributed by atoms with Gasteiger partial charge in [-0.2, -0.15) is 33.7 Å². The van der Waals surface area contributed by atoms with Crippen LogP contribution in [0.1, 0.15) is 165 Å². The Morgan fingerprint density at radius 3 is 1.55 bits per heavy atom. The lowest BCUT2D eigenvalue weighted by Crippen LogP contribution is -2.62. The molecule has 0 amide bonds. The molecule has 18 nitrogen and oxygen atoms in total. The molecule has 9 fully saturated rings. The summed E-state index contributed by atoms with van der Waals surface area (Å²) in [5.74, 6) is 0.593. The SMILES string of the molecule is C=C1CC(C)(C)[C@@H](/C=C/[C@@H](C)[C@H]2CC[C@H]3[C@@H]4C[C@H](OS(=O)(=O)O)[C@H]5C[C@H](O)CC[C@]5(C)[C@H]4CC[C@]23C)[C@H]1C[C@H](O)[C@@H](C)[C@H]1CC[C@H]2[C@@H]3C[C@H](OS(=O)(=O)O)[C@H]4C[C@H](OS(=O)(=O)O)[C@@H](OS(=O)(=O)O)C[C@]4(C)[C@H]3CC[C@]12C. The normalized spacial score (nSPS) is 47.7. The Morgan fingerprint density at radius 2 is 1.01 bits per heavy atom. The summed E-state index contributed by atoms with van der Waals surface area (Å²) >= 11 is 0. The number of fused-ring (bicyclic) bond motifs is 10. The second-order valence-corrected chi connectivity index (χ2v) is 32.1. The fourth-order valence-corrected chi connectivity index (χ4v) is 22.9. The van der Waals surface area contributed by atoms with Crippen LogP contribution < -0.4 is 0 Å². The van der Waals surface area contributed by atoms with Crippen molar-refractivity contribution < 1.29 is 78.8 Å². The number of aliphatic hydroxyl groups is 2. The van der Waals surface area contributed by atoms with E-state index in [2.05, 4.69) is 67.2 Å². The van der Waals surface area contributed by atoms with Gasteiger partial charge in [0.05, 0.1) is 24.4 Å². The van der Waals surface area contributed by atoms with Crippen LogP contribution in [0.3, 0.4) is 0 Å². The summed E-state index contributed by atoms with van der Waals surface area (Å²) in [4.78, 5) is 0. The molecule has 0 aromatic carbocycles. The van der Waals surface area contributed by atoms with Crippen molar-refractivity contribution in [3.05, 3.63) is 24.3 Å². The fourth-order valence-electron chi connectivity index (χ4n) is 20.9. The van der Waals surface area contributed by atoms with Crippen molar-refractivity contribution in [2.45, 2.75) is 201 Å². The zero-order chi connectivity index (χ0) is 55.9. The molecule has 9 aliphatic carbocycles. The molecule has 0 radical (unpaired) electrons. The van der Waals surface area contributed by atoms with Gasteiger partial charge in [0.15, 0.2) is 0 Å². The van der Waals surface area contributed by atoms with Crippen LogP contribution in [-0.2, 0) is 58.3 Å². The molecule has 0 aromatic heterocycles. The molecule has 0 bridgehead atoms. The van der Waals surface area contributed by atoms with Gasteiger partial charge >= 0.3 is 41.6 Å². The van der Waals surface area contributed by atoms with Crippen LogP contribution in [0.5, 0.6) is 0 Å². The molecule has 6 N–H and O–H groups in total. The third kappa shape index (κ3) is 11.1. The summed E-state index contributed by atoms with van der Waals surface area (Å²) in [6, 6.07) is 0. The van der Waals surface area contributed by atoms with Gasteiger partial charge in [-0.15, -0.1) is 0 Å². The predicted octanol–water partition coefficient (Wildman–Crippen LogP) is 9.04. The molecule has 0 aromatic rings. The first kappa shape index (κ1) is 59.5. The minimum atomic E-state index is -5.15. The second kappa shape index (κ2) is 20.3. The van der Waals surface area contributed by atoms with Crippen molar-refractivity contribution >= 4 is 41.6 Å². The van der Waals surface area contributed by atoms with Crippen molar-refractivity contribution in [2.24, 2.45) is 110 Å². The highest BCUT2D eigenvalue weighted by Crippen LogP contribution is 2.71. The third-order valence-electron chi connectivity index (χ3n) is 23.9. The molecule has 436 valence electrons. The first-order valence-electron chi connectivity index (χ1n) is 28.2. The van der Waals surface area contributed by atoms with Crippen LogP contribution in [0.4, 0.5) is 0 Å². The number of hydrogen-bond donors (Lipinski definition) is 6. The Kier molecular flexibility index (Phi) is 15.9. The van der Waals surface area contributed by atoms with Gasteiger partial charge in [-0.25, -0.2) is 16.7 Å². The first-order valence-corrected chi connectivity index (χ1v) is 33.7. The van der Waals surface area contributed by atoms with E-state index in [4.69, 9.17) is 16.7 Å². The average Bonchev–Trinajstić information content (AvgIpc) is 3.88. The average molecular weight is 1150 g/mol. The van der Waals surface area contributed by atoms with Crippen molar-refractivity contribution in [1.82, 2.24) is 0 Å². The Hall–Kier alpha value is -1.12. The summed E-state index contributed by atoms with van der Waals surface area (Å²) in [6.07, 6.45) is 9.43. The molecule has 9 rings (SSSR count). The Bertz CT molecular complexity index is 2700. The topological polar surface area (TPSA) is 295 Å². The van der Waals surface area contributed by atoms with Crippen molar-refractivity contribution in [3.63, 3.8) is 0 Å². The minimum absolute atomic E-state index is 0.0272. The van der Waals surface area contributed by atoms with Gasteiger partial charge in [-0.3, -0.25) is 18.2 Å². The van der Waals surface area contributed by atoms with Crippen LogP contribution in [0.15, 0.2) is 24.3 Å². The minimum Gasteiger partial charge on any atom is -0.393 e. The smallest absolute Gasteiger partial charge is 0.393 e. The molecule has 0 saturated heterocycles. The summed E-state index contributed by atoms with van der Waals surface area (Å²) in [5, 5.41) is 23.2. The summed E-state index contributed by atoms with van der Waals surface area (Å²) in [7, 11) is -20.0. The molecule has 9 aliphatic rings. The lowest BCUT2D eigenvalue weighted by atomic mass is 9.43. The van der Waals surface area contributed by atoms with Crippen LogP contribution in [0, 0.1) is 110 Å². The maximum absolute atomic E-state index is 12.5. The van der Waals surface area contributed by atoms with Gasteiger partial charge < -0.3 is 10.2 Å². The van der Waals surface area contributed by atoms with Gasteiger partial charge in [-0.1, -0.05) is 79.7 Å². The van der Waals surface area contributed by atoms with Gasteiger partial charge in [0.25, 0.3) is 0 Å². The summed E-state index contributed by atoms with van der Waals surface area (Å²) in [6.45, 7) is 22.5. The molecular weight excluding hydrogens is 1060 g/mol. The molecule has 22 heteroatoms. The van der Waals surface area contributed by atoms with Gasteiger partial charge in [-0.05, 0) is 219 Å². The number of hydrogen-bond acceptors (Lipinski definition) is 14. The monoisotopic (exact) mass is 1150 g/mol. The summed E-state index contributed by atoms with van der Waals surface area (Å²) < 4.78 is 157. The fraction of sp³-hybridized carbons (Fsp3) is 0.926. The van der Waals surface area contributed by atoms with E-state index in [1.165, 1.54) is 0 Å². The van der Waals surface area contributed by atoms with E-state index in [0.29, 0.717) is 49.9 Å². The number of allylic oxidation sites excluding steroid dienone is 3. The molecule has 24 atom stereocenters. The molecule has 76 heavy (non-hydrogen) atoms. The Balaban J connectivity index is 0.898. The van der Waals surface area contributed by atoms with E-state index >= 15 is 0 Å². The lowest BCUT2D eigenvalue weighted by molar-refractivity contribution is -0.185. The van der Waals surface area contributed by atoms with E-state index < -0.39 is 89.6 Å². The van der Waals surface area contributed by atoms with Crippen LogP contribution in [0.2, 0.25) is 0 Å². The third-order valence-corrected chi connectivity index (χ3v) is 25.9. The molecule has 0 aliphatic heterocycles. The van der Waals surface area contributed by atoms with Crippen LogP contribution >= 0.6 is 0 Å². The molecule has 0 heterocycles. The second-order valence-electron chi connectivity index (χ2n) is 27.9. The van der Waals surface area contributed by atoms with Crippen molar-refractivity contribution in [2.75, 3.05) is 0 Å². The van der Waals surface area contributed by atoms with E-state index in [9.17, 15) is 62.1 Å². The first-order chi connectivity index (χ1) is 34.9. The Labute approximate surface area is 453 Å². The van der Waals surface area contributed by atoms with Gasteiger partial charge in [0.1, 0.15) is 12.2 Å². The maximum Gasteiger partial charge on any atom is 0.397 e. The van der Waals surface area contributed by atoms with E-state index in [1.54, 1.807) is 0 Å². The maximum atomic E-state index is 12.5. The number of rotatable bonds is 15. The van der Waals surface area contributed by atoms with E-state index in [0.717, 1.165) is 63.4 Å². The van der Waals surface area contributed by atoms with Gasteiger partial charge in [0.2, 0.25) is 0 Å². The molecule has 9 saturated carbocycles. The molecule has 0 unspecified atom stereocenters. The zero-order valence-corrected chi connectivity index (χ0v) is 48.9. The molecule has 0 spiro atoms. The predicted molar refractivity (Wildman–Crippen MR) is 281 cm³/mol. The van der Waals surface area contributed by atoms with Crippen molar-refractivity contribution in [3.8, 4) is 0 Å². The molecular formula is C54H88O18S4. The largest absolute Gasteiger partial charge is 0.397 e. The highest BCUT2D eigenvalue weighted by Gasteiger charge is 2.67. The highest BCUT2D eigenvalue weighted by molar-refractivity contribution is 7.81. The Morgan fingerprint density at radius 1 is 0.566 bits per heavy atom.